The Kier molecular flexibility index (Phi) is 6.26. The van der Waals surface area contributed by atoms with Gasteiger partial charge in [0.15, 0.2) is 0 Å². The molecule has 1 aromatic heterocycles. The normalized spacial score (nSPS) is 17.8. The van der Waals surface area contributed by atoms with Gasteiger partial charge in [0.25, 0.3) is 0 Å². The Labute approximate surface area is 111 Å². The minimum absolute atomic E-state index is 0.0773. The molecule has 7 nitrogen and oxygen atoms in total. The smallest absolute Gasteiger partial charge is 0.103 e. The molecule has 108 valence electrons. The number of aliphatic hydroxyl groups excluding tert-OH is 5. The summed E-state index contributed by atoms with van der Waals surface area (Å²) in [4.78, 5) is 8.09. The summed E-state index contributed by atoms with van der Waals surface area (Å²) in [5.41, 5.74) is 0.990. The Hall–Kier alpha value is -1.12. The first-order valence-corrected chi connectivity index (χ1v) is 6.07. The Morgan fingerprint density at radius 2 is 1.37 bits per heavy atom. The van der Waals surface area contributed by atoms with Crippen LogP contribution in [0.3, 0.4) is 0 Å². The molecule has 0 fully saturated rings. The monoisotopic (exact) mass is 272 g/mol. The SMILES string of the molecule is CC(O)C(O)Cc1cnc(CC(O)C(O)CO)cn1. The van der Waals surface area contributed by atoms with Gasteiger partial charge < -0.3 is 25.5 Å². The van der Waals surface area contributed by atoms with Crippen molar-refractivity contribution < 1.29 is 25.5 Å². The average Bonchev–Trinajstić information content (AvgIpc) is 2.39. The quantitative estimate of drug-likeness (QED) is 0.389. The number of rotatable bonds is 7. The maximum atomic E-state index is 9.51. The van der Waals surface area contributed by atoms with E-state index in [1.807, 2.05) is 0 Å². The summed E-state index contributed by atoms with van der Waals surface area (Å²) in [5.74, 6) is 0. The van der Waals surface area contributed by atoms with Crippen LogP contribution in [-0.4, -0.2) is 66.5 Å². The molecule has 0 aliphatic rings. The van der Waals surface area contributed by atoms with Gasteiger partial charge in [-0.3, -0.25) is 9.97 Å². The highest BCUT2D eigenvalue weighted by atomic mass is 16.4. The number of aromatic nitrogens is 2. The van der Waals surface area contributed by atoms with Gasteiger partial charge in [-0.1, -0.05) is 0 Å². The third-order valence-electron chi connectivity index (χ3n) is 2.78. The fraction of sp³-hybridized carbons (Fsp3) is 0.667. The van der Waals surface area contributed by atoms with Crippen LogP contribution in [0.4, 0.5) is 0 Å². The van der Waals surface area contributed by atoms with Crippen molar-refractivity contribution in [3.05, 3.63) is 23.8 Å². The molecule has 0 bridgehead atoms. The van der Waals surface area contributed by atoms with Crippen molar-refractivity contribution in [2.24, 2.45) is 0 Å². The van der Waals surface area contributed by atoms with E-state index in [1.165, 1.54) is 19.3 Å². The highest BCUT2D eigenvalue weighted by Crippen LogP contribution is 2.06. The van der Waals surface area contributed by atoms with Crippen LogP contribution < -0.4 is 0 Å². The lowest BCUT2D eigenvalue weighted by Gasteiger charge is -2.15. The molecule has 19 heavy (non-hydrogen) atoms. The molecule has 1 aromatic rings. The average molecular weight is 272 g/mol. The van der Waals surface area contributed by atoms with Crippen LogP contribution in [0.25, 0.3) is 0 Å². The van der Waals surface area contributed by atoms with Crippen LogP contribution in [0.15, 0.2) is 12.4 Å². The van der Waals surface area contributed by atoms with Crippen molar-refractivity contribution in [3.8, 4) is 0 Å². The number of aliphatic hydroxyl groups is 5. The molecule has 0 spiro atoms. The van der Waals surface area contributed by atoms with Crippen LogP contribution in [0.2, 0.25) is 0 Å². The molecule has 5 N–H and O–H groups in total. The highest BCUT2D eigenvalue weighted by molar-refractivity contribution is 5.05. The Bertz CT molecular complexity index is 371. The third-order valence-corrected chi connectivity index (χ3v) is 2.78. The molecule has 0 saturated heterocycles. The lowest BCUT2D eigenvalue weighted by molar-refractivity contribution is -0.0137. The van der Waals surface area contributed by atoms with Gasteiger partial charge in [0.1, 0.15) is 6.10 Å². The largest absolute Gasteiger partial charge is 0.394 e. The van der Waals surface area contributed by atoms with E-state index in [2.05, 4.69) is 9.97 Å². The molecule has 7 heteroatoms. The van der Waals surface area contributed by atoms with Crippen molar-refractivity contribution in [1.82, 2.24) is 9.97 Å². The Balaban J connectivity index is 2.56. The van der Waals surface area contributed by atoms with E-state index in [-0.39, 0.29) is 12.8 Å². The van der Waals surface area contributed by atoms with Crippen molar-refractivity contribution in [2.45, 2.75) is 44.2 Å². The molecule has 4 unspecified atom stereocenters. The van der Waals surface area contributed by atoms with Crippen LogP contribution in [0.1, 0.15) is 18.3 Å². The van der Waals surface area contributed by atoms with Gasteiger partial charge in [-0.25, -0.2) is 0 Å². The standard InChI is InChI=1S/C12H20N2O5/c1-7(16)10(17)2-8-4-14-9(5-13-8)3-11(18)12(19)6-15/h4-5,7,10-12,15-19H,2-3,6H2,1H3. The van der Waals surface area contributed by atoms with Gasteiger partial charge in [0, 0.05) is 25.2 Å². The number of hydrogen-bond donors (Lipinski definition) is 5. The van der Waals surface area contributed by atoms with Gasteiger partial charge in [-0.15, -0.1) is 0 Å². The zero-order valence-corrected chi connectivity index (χ0v) is 10.7. The Morgan fingerprint density at radius 1 is 0.895 bits per heavy atom. The van der Waals surface area contributed by atoms with Crippen LogP contribution in [-0.2, 0) is 12.8 Å². The van der Waals surface area contributed by atoms with Crippen LogP contribution >= 0.6 is 0 Å². The molecule has 1 heterocycles. The van der Waals surface area contributed by atoms with Crippen molar-refractivity contribution in [3.63, 3.8) is 0 Å². The third kappa shape index (κ3) is 5.17. The van der Waals surface area contributed by atoms with E-state index >= 15 is 0 Å². The number of hydrogen-bond acceptors (Lipinski definition) is 7. The second-order valence-corrected chi connectivity index (χ2v) is 4.53. The van der Waals surface area contributed by atoms with Crippen LogP contribution in [0.5, 0.6) is 0 Å². The first-order valence-electron chi connectivity index (χ1n) is 6.07. The van der Waals surface area contributed by atoms with Crippen molar-refractivity contribution in [2.75, 3.05) is 6.61 Å². The molecule has 0 saturated carbocycles. The second kappa shape index (κ2) is 7.46. The fourth-order valence-electron chi connectivity index (χ4n) is 1.45. The molecule has 0 aliphatic heterocycles. The van der Waals surface area contributed by atoms with Crippen molar-refractivity contribution >= 4 is 0 Å². The summed E-state index contributed by atoms with van der Waals surface area (Å²) in [7, 11) is 0. The van der Waals surface area contributed by atoms with E-state index < -0.39 is 31.0 Å². The van der Waals surface area contributed by atoms with E-state index in [0.717, 1.165) is 0 Å². The highest BCUT2D eigenvalue weighted by Gasteiger charge is 2.17. The molecule has 4 atom stereocenters. The summed E-state index contributed by atoms with van der Waals surface area (Å²) >= 11 is 0. The molecular formula is C12H20N2O5. The first-order chi connectivity index (χ1) is 8.93. The maximum Gasteiger partial charge on any atom is 0.103 e. The molecular weight excluding hydrogens is 252 g/mol. The summed E-state index contributed by atoms with van der Waals surface area (Å²) in [6.45, 7) is 0.965. The van der Waals surface area contributed by atoms with E-state index in [4.69, 9.17) is 10.2 Å². The van der Waals surface area contributed by atoms with Gasteiger partial charge in [-0.05, 0) is 6.92 Å². The van der Waals surface area contributed by atoms with Gasteiger partial charge in [0.2, 0.25) is 0 Å². The maximum absolute atomic E-state index is 9.51. The van der Waals surface area contributed by atoms with Crippen LogP contribution in [0, 0.1) is 0 Å². The summed E-state index contributed by atoms with van der Waals surface area (Å²) < 4.78 is 0. The zero-order chi connectivity index (χ0) is 14.4. The molecule has 0 amide bonds. The van der Waals surface area contributed by atoms with E-state index in [0.29, 0.717) is 11.4 Å². The minimum Gasteiger partial charge on any atom is -0.394 e. The molecule has 0 aromatic carbocycles. The molecule has 0 aliphatic carbocycles. The number of nitrogens with zero attached hydrogens (tertiary/aromatic N) is 2. The zero-order valence-electron chi connectivity index (χ0n) is 10.7. The fourth-order valence-corrected chi connectivity index (χ4v) is 1.45. The lowest BCUT2D eigenvalue weighted by Crippen LogP contribution is -2.31. The van der Waals surface area contributed by atoms with Gasteiger partial charge in [-0.2, -0.15) is 0 Å². The Morgan fingerprint density at radius 3 is 1.74 bits per heavy atom. The summed E-state index contributed by atoms with van der Waals surface area (Å²) in [6, 6.07) is 0. The lowest BCUT2D eigenvalue weighted by atomic mass is 10.1. The molecule has 1 rings (SSSR count). The summed E-state index contributed by atoms with van der Waals surface area (Å²) in [5, 5.41) is 46.0. The van der Waals surface area contributed by atoms with E-state index in [9.17, 15) is 15.3 Å². The van der Waals surface area contributed by atoms with Gasteiger partial charge in [0.05, 0.1) is 36.3 Å². The van der Waals surface area contributed by atoms with Gasteiger partial charge >= 0.3 is 0 Å². The topological polar surface area (TPSA) is 127 Å². The summed E-state index contributed by atoms with van der Waals surface area (Å²) in [6.07, 6.45) is -0.923. The molecule has 0 radical (unpaired) electrons. The second-order valence-electron chi connectivity index (χ2n) is 4.53. The predicted molar refractivity (Wildman–Crippen MR) is 66.2 cm³/mol. The predicted octanol–water partition coefficient (Wildman–Crippen LogP) is -1.98. The first kappa shape index (κ1) is 15.9. The van der Waals surface area contributed by atoms with Crippen molar-refractivity contribution in [1.29, 1.82) is 0 Å². The van der Waals surface area contributed by atoms with E-state index in [1.54, 1.807) is 0 Å². The minimum atomic E-state index is -1.21.